The Morgan fingerprint density at radius 2 is 1.46 bits per heavy atom. The van der Waals surface area contributed by atoms with Gasteiger partial charge in [0.05, 0.1) is 9.79 Å². The molecule has 2 rings (SSSR count). The van der Waals surface area contributed by atoms with Gasteiger partial charge < -0.3 is 5.32 Å². The second-order valence-electron chi connectivity index (χ2n) is 6.01. The van der Waals surface area contributed by atoms with Crippen LogP contribution in [0.4, 0.5) is 5.69 Å². The van der Waals surface area contributed by atoms with Crippen LogP contribution in [0.5, 0.6) is 0 Å². The van der Waals surface area contributed by atoms with Crippen LogP contribution in [0.25, 0.3) is 0 Å². The van der Waals surface area contributed by atoms with E-state index in [0.29, 0.717) is 11.3 Å². The van der Waals surface area contributed by atoms with E-state index in [0.717, 1.165) is 10.6 Å². The van der Waals surface area contributed by atoms with E-state index < -0.39 is 25.8 Å². The van der Waals surface area contributed by atoms with Crippen molar-refractivity contribution in [3.05, 3.63) is 53.6 Å². The summed E-state index contributed by atoms with van der Waals surface area (Å²) in [4.78, 5) is 12.6. The lowest BCUT2D eigenvalue weighted by molar-refractivity contribution is 0.102. The molecule has 0 saturated heterocycles. The molecule has 0 unspecified atom stereocenters. The molecule has 0 spiro atoms. The van der Waals surface area contributed by atoms with Crippen LogP contribution in [0.15, 0.2) is 52.3 Å². The van der Waals surface area contributed by atoms with E-state index in [9.17, 15) is 21.6 Å². The number of nitrogens with one attached hydrogen (secondary N) is 1. The van der Waals surface area contributed by atoms with Gasteiger partial charge in [0, 0.05) is 31.6 Å². The Bertz CT molecular complexity index is 1040. The predicted molar refractivity (Wildman–Crippen MR) is 99.6 cm³/mol. The highest BCUT2D eigenvalue weighted by atomic mass is 32.2. The topological polar surface area (TPSA) is 101 Å². The third-order valence-corrected chi connectivity index (χ3v) is 6.71. The summed E-state index contributed by atoms with van der Waals surface area (Å²) in [6, 6.07) is 10.1. The Morgan fingerprint density at radius 1 is 0.923 bits per heavy atom. The first-order valence-corrected chi connectivity index (χ1v) is 10.9. The molecule has 7 nitrogen and oxygen atoms in total. The van der Waals surface area contributed by atoms with Gasteiger partial charge in [0.15, 0.2) is 9.84 Å². The number of carbonyl (C=O) groups is 1. The van der Waals surface area contributed by atoms with Crippen LogP contribution < -0.4 is 5.32 Å². The Balaban J connectivity index is 2.29. The third-order valence-electron chi connectivity index (χ3n) is 3.77. The van der Waals surface area contributed by atoms with Crippen LogP contribution in [0.1, 0.15) is 15.9 Å². The lowest BCUT2D eigenvalue weighted by Crippen LogP contribution is -2.22. The first-order valence-electron chi connectivity index (χ1n) is 7.57. The van der Waals surface area contributed by atoms with Gasteiger partial charge in [0.1, 0.15) is 0 Å². The van der Waals surface area contributed by atoms with Crippen LogP contribution in [-0.4, -0.2) is 47.4 Å². The second kappa shape index (κ2) is 7.18. The van der Waals surface area contributed by atoms with Gasteiger partial charge in [0.25, 0.3) is 5.91 Å². The largest absolute Gasteiger partial charge is 0.322 e. The maximum Gasteiger partial charge on any atom is 0.255 e. The lowest BCUT2D eigenvalue weighted by atomic mass is 10.1. The maximum absolute atomic E-state index is 12.5. The maximum atomic E-state index is 12.5. The molecule has 9 heteroatoms. The molecule has 0 aromatic heterocycles. The van der Waals surface area contributed by atoms with Gasteiger partial charge in [-0.05, 0) is 48.9 Å². The Labute approximate surface area is 153 Å². The van der Waals surface area contributed by atoms with Crippen molar-refractivity contribution in [2.75, 3.05) is 25.7 Å². The summed E-state index contributed by atoms with van der Waals surface area (Å²) in [6.07, 6.45) is 1.07. The monoisotopic (exact) mass is 396 g/mol. The summed E-state index contributed by atoms with van der Waals surface area (Å²) in [6.45, 7) is 1.70. The van der Waals surface area contributed by atoms with Crippen molar-refractivity contribution < 1.29 is 21.6 Å². The van der Waals surface area contributed by atoms with Gasteiger partial charge >= 0.3 is 0 Å². The summed E-state index contributed by atoms with van der Waals surface area (Å²) >= 11 is 0. The zero-order valence-electron chi connectivity index (χ0n) is 14.8. The fourth-order valence-electron chi connectivity index (χ4n) is 2.20. The molecule has 0 fully saturated rings. The van der Waals surface area contributed by atoms with E-state index in [2.05, 4.69) is 5.32 Å². The molecule has 140 valence electrons. The summed E-state index contributed by atoms with van der Waals surface area (Å²) in [5, 5.41) is 2.64. The first-order chi connectivity index (χ1) is 11.9. The molecule has 0 aliphatic rings. The third kappa shape index (κ3) is 4.29. The summed E-state index contributed by atoms with van der Waals surface area (Å²) in [5.41, 5.74) is 1.26. The summed E-state index contributed by atoms with van der Waals surface area (Å²) in [5.74, 6) is -0.476. The van der Waals surface area contributed by atoms with Crippen molar-refractivity contribution in [3.63, 3.8) is 0 Å². The molecular weight excluding hydrogens is 376 g/mol. The highest BCUT2D eigenvalue weighted by Crippen LogP contribution is 2.20. The number of sulfonamides is 1. The van der Waals surface area contributed by atoms with Gasteiger partial charge in [-0.1, -0.05) is 6.07 Å². The molecule has 0 atom stereocenters. The standard InChI is InChI=1S/C17H20N2O5S2/c1-12-5-8-15(25(4,21)22)11-16(12)17(20)18-13-6-9-14(10-7-13)26(23,24)19(2)3/h5-11H,1-4H3,(H,18,20). The molecule has 2 aromatic rings. The zero-order chi connectivity index (χ0) is 19.7. The minimum absolute atomic E-state index is 0.0562. The van der Waals surface area contributed by atoms with Crippen molar-refractivity contribution in [2.24, 2.45) is 0 Å². The van der Waals surface area contributed by atoms with E-state index in [1.54, 1.807) is 13.0 Å². The van der Waals surface area contributed by atoms with E-state index >= 15 is 0 Å². The predicted octanol–water partition coefficient (Wildman–Crippen LogP) is 1.90. The normalized spacial score (nSPS) is 12.2. The van der Waals surface area contributed by atoms with Crippen molar-refractivity contribution in [3.8, 4) is 0 Å². The SMILES string of the molecule is Cc1ccc(S(C)(=O)=O)cc1C(=O)Nc1ccc(S(=O)(=O)N(C)C)cc1. The van der Waals surface area contributed by atoms with Crippen LogP contribution in [0.2, 0.25) is 0 Å². The number of amides is 1. The van der Waals surface area contributed by atoms with Gasteiger partial charge in [-0.15, -0.1) is 0 Å². The van der Waals surface area contributed by atoms with E-state index in [1.807, 2.05) is 0 Å². The van der Waals surface area contributed by atoms with Gasteiger partial charge in [-0.3, -0.25) is 4.79 Å². The average Bonchev–Trinajstić information content (AvgIpc) is 2.54. The molecule has 26 heavy (non-hydrogen) atoms. The van der Waals surface area contributed by atoms with Crippen LogP contribution in [0.3, 0.4) is 0 Å². The molecule has 0 aliphatic heterocycles. The van der Waals surface area contributed by atoms with Crippen LogP contribution >= 0.6 is 0 Å². The second-order valence-corrected chi connectivity index (χ2v) is 10.2. The molecule has 0 aliphatic carbocycles. The average molecular weight is 396 g/mol. The smallest absolute Gasteiger partial charge is 0.255 e. The number of sulfone groups is 1. The van der Waals surface area contributed by atoms with Gasteiger partial charge in [0.2, 0.25) is 10.0 Å². The number of hydrogen-bond donors (Lipinski definition) is 1. The number of aryl methyl sites for hydroxylation is 1. The van der Waals surface area contributed by atoms with Crippen LogP contribution in [0, 0.1) is 6.92 Å². The van der Waals surface area contributed by atoms with E-state index in [-0.39, 0.29) is 15.4 Å². The number of benzene rings is 2. The lowest BCUT2D eigenvalue weighted by Gasteiger charge is -2.12. The molecule has 1 N–H and O–H groups in total. The molecular formula is C17H20N2O5S2. The Hall–Kier alpha value is -2.23. The first kappa shape index (κ1) is 20.1. The fraction of sp³-hybridized carbons (Fsp3) is 0.235. The molecule has 0 saturated carbocycles. The quantitative estimate of drug-likeness (QED) is 0.832. The highest BCUT2D eigenvalue weighted by Gasteiger charge is 2.18. The van der Waals surface area contributed by atoms with Crippen molar-refractivity contribution in [2.45, 2.75) is 16.7 Å². The Kier molecular flexibility index (Phi) is 5.55. The van der Waals surface area contributed by atoms with Crippen molar-refractivity contribution >= 4 is 31.5 Å². The molecule has 0 bridgehead atoms. The van der Waals surface area contributed by atoms with Gasteiger partial charge in [-0.25, -0.2) is 21.1 Å². The number of nitrogens with zero attached hydrogens (tertiary/aromatic N) is 1. The Morgan fingerprint density at radius 3 is 1.96 bits per heavy atom. The minimum atomic E-state index is -3.55. The number of anilines is 1. The highest BCUT2D eigenvalue weighted by molar-refractivity contribution is 7.90. The number of hydrogen-bond acceptors (Lipinski definition) is 5. The van der Waals surface area contributed by atoms with Gasteiger partial charge in [-0.2, -0.15) is 0 Å². The van der Waals surface area contributed by atoms with E-state index in [1.165, 1.54) is 50.5 Å². The van der Waals surface area contributed by atoms with Crippen LogP contribution in [-0.2, 0) is 19.9 Å². The minimum Gasteiger partial charge on any atom is -0.322 e. The number of rotatable bonds is 5. The fourth-order valence-corrected chi connectivity index (χ4v) is 3.74. The summed E-state index contributed by atoms with van der Waals surface area (Å²) in [7, 11) is -4.11. The molecule has 2 aromatic carbocycles. The summed E-state index contributed by atoms with van der Waals surface area (Å²) < 4.78 is 48.5. The van der Waals surface area contributed by atoms with Crippen molar-refractivity contribution in [1.82, 2.24) is 4.31 Å². The molecule has 0 radical (unpaired) electrons. The number of carbonyl (C=O) groups excluding carboxylic acids is 1. The van der Waals surface area contributed by atoms with E-state index in [4.69, 9.17) is 0 Å². The molecule has 1 amide bonds. The zero-order valence-corrected chi connectivity index (χ0v) is 16.5. The van der Waals surface area contributed by atoms with Crippen molar-refractivity contribution in [1.29, 1.82) is 0 Å². The molecule has 0 heterocycles.